The molecule has 0 aromatic heterocycles. The van der Waals surface area contributed by atoms with Gasteiger partial charge in [0.2, 0.25) is 0 Å². The van der Waals surface area contributed by atoms with E-state index >= 15 is 0 Å². The summed E-state index contributed by atoms with van der Waals surface area (Å²) in [6, 6.07) is 3.84. The highest BCUT2D eigenvalue weighted by molar-refractivity contribution is 9.10. The highest BCUT2D eigenvalue weighted by Gasteiger charge is 2.28. The third-order valence-electron chi connectivity index (χ3n) is 2.78. The van der Waals surface area contributed by atoms with Gasteiger partial charge in [0.15, 0.2) is 0 Å². The lowest BCUT2D eigenvalue weighted by Crippen LogP contribution is -2.26. The van der Waals surface area contributed by atoms with Crippen molar-refractivity contribution in [3.05, 3.63) is 27.7 Å². The average molecular weight is 301 g/mol. The lowest BCUT2D eigenvalue weighted by molar-refractivity contribution is -0.146. The molecule has 4 heteroatoms. The Morgan fingerprint density at radius 1 is 1.47 bits per heavy atom. The number of hydrogen-bond acceptors (Lipinski definition) is 2. The molecule has 0 bridgehead atoms. The Labute approximate surface area is 110 Å². The molecule has 1 aromatic carbocycles. The number of aryl methyl sites for hydroxylation is 1. The predicted molar refractivity (Wildman–Crippen MR) is 70.6 cm³/mol. The minimum Gasteiger partial charge on any atom is -0.496 e. The van der Waals surface area contributed by atoms with E-state index in [4.69, 9.17) is 9.84 Å². The van der Waals surface area contributed by atoms with Crippen LogP contribution < -0.4 is 4.74 Å². The second-order valence-corrected chi connectivity index (χ2v) is 5.63. The maximum Gasteiger partial charge on any atom is 0.309 e. The summed E-state index contributed by atoms with van der Waals surface area (Å²) in [6.45, 7) is 5.39. The maximum atomic E-state index is 11.1. The number of rotatable bonds is 4. The minimum atomic E-state index is -0.802. The molecule has 17 heavy (non-hydrogen) atoms. The molecule has 0 radical (unpaired) electrons. The Bertz CT molecular complexity index is 439. The third-order valence-corrected chi connectivity index (χ3v) is 3.51. The second kappa shape index (κ2) is 5.08. The number of carbonyl (C=O) groups is 1. The molecule has 0 saturated carbocycles. The van der Waals surface area contributed by atoms with Crippen LogP contribution in [0.15, 0.2) is 16.6 Å². The summed E-state index contributed by atoms with van der Waals surface area (Å²) in [5.74, 6) is -0.0201. The van der Waals surface area contributed by atoms with Crippen LogP contribution in [0.1, 0.15) is 25.0 Å². The van der Waals surface area contributed by atoms with Crippen molar-refractivity contribution >= 4 is 21.9 Å². The van der Waals surface area contributed by atoms with Crippen LogP contribution in [0.4, 0.5) is 0 Å². The number of ether oxygens (including phenoxy) is 1. The molecule has 0 amide bonds. The van der Waals surface area contributed by atoms with E-state index in [1.54, 1.807) is 21.0 Å². The monoisotopic (exact) mass is 300 g/mol. The van der Waals surface area contributed by atoms with E-state index in [-0.39, 0.29) is 0 Å². The molecular formula is C13H17BrO3. The van der Waals surface area contributed by atoms with Gasteiger partial charge < -0.3 is 9.84 Å². The van der Waals surface area contributed by atoms with E-state index in [0.29, 0.717) is 6.42 Å². The largest absolute Gasteiger partial charge is 0.496 e. The number of methoxy groups -OCH3 is 1. The maximum absolute atomic E-state index is 11.1. The van der Waals surface area contributed by atoms with Gasteiger partial charge in [-0.15, -0.1) is 0 Å². The van der Waals surface area contributed by atoms with E-state index < -0.39 is 11.4 Å². The lowest BCUT2D eigenvalue weighted by Gasteiger charge is -2.20. The molecule has 0 spiro atoms. The standard InChI is InChI=1S/C13H17BrO3/c1-8-5-10(14)9(6-11(8)17-4)7-13(2,3)12(15)16/h5-6H,7H2,1-4H3,(H,15,16). The van der Waals surface area contributed by atoms with Crippen LogP contribution in [-0.2, 0) is 11.2 Å². The van der Waals surface area contributed by atoms with Crippen molar-refractivity contribution in [2.75, 3.05) is 7.11 Å². The van der Waals surface area contributed by atoms with Crippen LogP contribution in [0.25, 0.3) is 0 Å². The first-order valence-electron chi connectivity index (χ1n) is 5.34. The molecule has 0 aliphatic heterocycles. The number of aliphatic carboxylic acids is 1. The molecule has 1 aromatic rings. The van der Waals surface area contributed by atoms with Crippen molar-refractivity contribution in [3.63, 3.8) is 0 Å². The molecule has 1 rings (SSSR count). The van der Waals surface area contributed by atoms with E-state index in [0.717, 1.165) is 21.3 Å². The predicted octanol–water partition coefficient (Wildman–Crippen LogP) is 3.42. The summed E-state index contributed by atoms with van der Waals surface area (Å²) in [5, 5.41) is 9.13. The minimum absolute atomic E-state index is 0.458. The fourth-order valence-corrected chi connectivity index (χ4v) is 2.20. The van der Waals surface area contributed by atoms with Gasteiger partial charge in [0.05, 0.1) is 12.5 Å². The summed E-state index contributed by atoms with van der Waals surface area (Å²) in [4.78, 5) is 11.1. The molecule has 0 saturated heterocycles. The fourth-order valence-electron chi connectivity index (χ4n) is 1.60. The van der Waals surface area contributed by atoms with E-state index in [2.05, 4.69) is 15.9 Å². The number of benzene rings is 1. The van der Waals surface area contributed by atoms with Crippen LogP contribution in [-0.4, -0.2) is 18.2 Å². The normalized spacial score (nSPS) is 11.4. The summed E-state index contributed by atoms with van der Waals surface area (Å²) in [7, 11) is 1.61. The smallest absolute Gasteiger partial charge is 0.309 e. The summed E-state index contributed by atoms with van der Waals surface area (Å²) in [5.41, 5.74) is 1.18. The van der Waals surface area contributed by atoms with Gasteiger partial charge in [0.25, 0.3) is 0 Å². The van der Waals surface area contributed by atoms with Gasteiger partial charge in [-0.05, 0) is 50.5 Å². The summed E-state index contributed by atoms with van der Waals surface area (Å²) < 4.78 is 6.17. The number of hydrogen-bond donors (Lipinski definition) is 1. The summed E-state index contributed by atoms with van der Waals surface area (Å²) in [6.07, 6.45) is 0.458. The Kier molecular flexibility index (Phi) is 4.20. The molecular weight excluding hydrogens is 284 g/mol. The molecule has 94 valence electrons. The Balaban J connectivity index is 3.11. The Hall–Kier alpha value is -1.03. The first-order valence-corrected chi connectivity index (χ1v) is 6.13. The van der Waals surface area contributed by atoms with E-state index in [9.17, 15) is 4.79 Å². The summed E-state index contributed by atoms with van der Waals surface area (Å²) >= 11 is 3.46. The second-order valence-electron chi connectivity index (χ2n) is 4.78. The van der Waals surface area contributed by atoms with Crippen LogP contribution >= 0.6 is 15.9 Å². The zero-order valence-corrected chi connectivity index (χ0v) is 12.1. The fraction of sp³-hybridized carbons (Fsp3) is 0.462. The SMILES string of the molecule is COc1cc(CC(C)(C)C(=O)O)c(Br)cc1C. The third kappa shape index (κ3) is 3.22. The van der Waals surface area contributed by atoms with Gasteiger partial charge in [-0.3, -0.25) is 4.79 Å². The van der Waals surface area contributed by atoms with Crippen LogP contribution in [0.2, 0.25) is 0 Å². The molecule has 3 nitrogen and oxygen atoms in total. The van der Waals surface area contributed by atoms with Crippen molar-refractivity contribution in [3.8, 4) is 5.75 Å². The topological polar surface area (TPSA) is 46.5 Å². The van der Waals surface area contributed by atoms with Gasteiger partial charge in [0.1, 0.15) is 5.75 Å². The number of halogens is 1. The molecule has 0 unspecified atom stereocenters. The van der Waals surface area contributed by atoms with Gasteiger partial charge in [-0.25, -0.2) is 0 Å². The van der Waals surface area contributed by atoms with Crippen molar-refractivity contribution in [2.24, 2.45) is 5.41 Å². The average Bonchev–Trinajstić information content (AvgIpc) is 2.21. The van der Waals surface area contributed by atoms with Gasteiger partial charge in [0, 0.05) is 4.47 Å². The van der Waals surface area contributed by atoms with E-state index in [1.807, 2.05) is 19.1 Å². The van der Waals surface area contributed by atoms with Gasteiger partial charge in [-0.2, -0.15) is 0 Å². The molecule has 0 fully saturated rings. The highest BCUT2D eigenvalue weighted by Crippen LogP contribution is 2.31. The van der Waals surface area contributed by atoms with Crippen molar-refractivity contribution < 1.29 is 14.6 Å². The Morgan fingerprint density at radius 2 is 2.06 bits per heavy atom. The van der Waals surface area contributed by atoms with Crippen molar-refractivity contribution in [1.82, 2.24) is 0 Å². The molecule has 1 N–H and O–H groups in total. The quantitative estimate of drug-likeness (QED) is 0.927. The van der Waals surface area contributed by atoms with Crippen molar-refractivity contribution in [1.29, 1.82) is 0 Å². The number of carboxylic acid groups (broad SMARTS) is 1. The van der Waals surface area contributed by atoms with Gasteiger partial charge in [-0.1, -0.05) is 15.9 Å². The van der Waals surface area contributed by atoms with E-state index in [1.165, 1.54) is 0 Å². The van der Waals surface area contributed by atoms with Crippen LogP contribution in [0, 0.1) is 12.3 Å². The number of carboxylic acids is 1. The lowest BCUT2D eigenvalue weighted by atomic mass is 9.85. The first kappa shape index (κ1) is 14.0. The molecule has 0 aliphatic rings. The Morgan fingerprint density at radius 3 is 2.53 bits per heavy atom. The molecule has 0 aliphatic carbocycles. The zero-order chi connectivity index (χ0) is 13.2. The van der Waals surface area contributed by atoms with Crippen LogP contribution in [0.5, 0.6) is 5.75 Å². The molecule has 0 heterocycles. The highest BCUT2D eigenvalue weighted by atomic mass is 79.9. The molecule has 0 atom stereocenters. The van der Waals surface area contributed by atoms with Crippen LogP contribution in [0.3, 0.4) is 0 Å². The zero-order valence-electron chi connectivity index (χ0n) is 10.5. The first-order chi connectivity index (χ1) is 7.77. The van der Waals surface area contributed by atoms with Gasteiger partial charge >= 0.3 is 5.97 Å². The van der Waals surface area contributed by atoms with Crippen molar-refractivity contribution in [2.45, 2.75) is 27.2 Å².